The number of fused-ring (bicyclic) bond motifs is 3. The van der Waals surface area contributed by atoms with Crippen LogP contribution in [0.5, 0.6) is 5.75 Å². The van der Waals surface area contributed by atoms with E-state index in [1.165, 1.54) is 20.8 Å². The van der Waals surface area contributed by atoms with Crippen molar-refractivity contribution in [2.45, 2.75) is 92.3 Å². The van der Waals surface area contributed by atoms with E-state index >= 15 is 0 Å². The molecule has 0 amide bonds. The average molecular weight is 569 g/mol. The van der Waals surface area contributed by atoms with Crippen LogP contribution in [0.4, 0.5) is 0 Å². The summed E-state index contributed by atoms with van der Waals surface area (Å²) in [5.41, 5.74) is -8.01. The van der Waals surface area contributed by atoms with Gasteiger partial charge in [0.1, 0.15) is 22.8 Å². The van der Waals surface area contributed by atoms with Crippen LogP contribution in [0.25, 0.3) is 5.76 Å². The van der Waals surface area contributed by atoms with E-state index in [1.807, 2.05) is 0 Å². The summed E-state index contributed by atoms with van der Waals surface area (Å²) in [7, 11) is 0. The zero-order valence-corrected chi connectivity index (χ0v) is 25.3. The second-order valence-electron chi connectivity index (χ2n) is 13.7. The first-order valence-electron chi connectivity index (χ1n) is 13.8. The topological polar surface area (TPSA) is 169 Å². The van der Waals surface area contributed by atoms with E-state index in [4.69, 9.17) is 0 Å². The Bertz CT molecular complexity index is 1500. The first-order chi connectivity index (χ1) is 18.5. The number of carbonyl (C=O) groups excluding carboxylic acids is 4. The number of aromatic hydroxyl groups is 1. The van der Waals surface area contributed by atoms with E-state index in [9.17, 15) is 44.7 Å². The first kappa shape index (κ1) is 30.7. The third-order valence-electron chi connectivity index (χ3n) is 10.1. The number of Topliss-reactive ketones (excluding diaryl/α,β-unsaturated/α-hetero) is 4. The zero-order valence-electron chi connectivity index (χ0n) is 25.3. The van der Waals surface area contributed by atoms with E-state index in [1.54, 1.807) is 47.6 Å². The lowest BCUT2D eigenvalue weighted by Gasteiger charge is -2.63. The number of ketones is 4. The molecule has 0 spiro atoms. The van der Waals surface area contributed by atoms with Gasteiger partial charge in [-0.2, -0.15) is 0 Å². The number of hydrogen-bond acceptors (Lipinski definition) is 9. The summed E-state index contributed by atoms with van der Waals surface area (Å²) in [4.78, 5) is 53.8. The van der Waals surface area contributed by atoms with Gasteiger partial charge in [-0.25, -0.2) is 0 Å². The summed E-state index contributed by atoms with van der Waals surface area (Å²) < 4.78 is 0. The number of phenolic OH excluding ortho intramolecular Hbond substituents is 1. The summed E-state index contributed by atoms with van der Waals surface area (Å²) in [6.07, 6.45) is -1.76. The number of phenols is 1. The summed E-state index contributed by atoms with van der Waals surface area (Å²) in [5, 5.41) is 59.1. The van der Waals surface area contributed by atoms with Gasteiger partial charge in [0.15, 0.2) is 23.0 Å². The Labute approximate surface area is 239 Å². The van der Waals surface area contributed by atoms with Crippen molar-refractivity contribution in [3.63, 3.8) is 0 Å². The summed E-state index contributed by atoms with van der Waals surface area (Å²) >= 11 is 0. The molecule has 0 aromatic heterocycles. The summed E-state index contributed by atoms with van der Waals surface area (Å²) in [6, 6.07) is 1.55. The second-order valence-corrected chi connectivity index (χ2v) is 13.7. The number of allylic oxidation sites excluding steroid dienone is 1. The maximum Gasteiger partial charge on any atom is 0.203 e. The van der Waals surface area contributed by atoms with E-state index < -0.39 is 85.7 Å². The minimum atomic E-state index is -2.96. The summed E-state index contributed by atoms with van der Waals surface area (Å²) in [6.45, 7) is 15.6. The maximum absolute atomic E-state index is 14.6. The van der Waals surface area contributed by atoms with Crippen molar-refractivity contribution in [1.82, 2.24) is 0 Å². The SMILES string of the molecule is CC(=O)C1=C(O)[C@]2(O)C(=O)C3=C(O)c4c(O)c(C(C)(C)C)cc(C(C)=O)c4[C@@H](C)[C@]3(C)[C@@H](O)[C@]2(C)C(C(C)C)C1=O. The van der Waals surface area contributed by atoms with Crippen molar-refractivity contribution in [3.05, 3.63) is 45.2 Å². The van der Waals surface area contributed by atoms with Gasteiger partial charge in [0.25, 0.3) is 0 Å². The van der Waals surface area contributed by atoms with Crippen LogP contribution in [0.3, 0.4) is 0 Å². The van der Waals surface area contributed by atoms with Gasteiger partial charge < -0.3 is 25.5 Å². The zero-order chi connectivity index (χ0) is 31.5. The minimum absolute atomic E-state index is 0.169. The van der Waals surface area contributed by atoms with Crippen molar-refractivity contribution < 1.29 is 44.7 Å². The van der Waals surface area contributed by atoms with Gasteiger partial charge in [-0.15, -0.1) is 0 Å². The molecule has 1 aromatic carbocycles. The highest BCUT2D eigenvalue weighted by molar-refractivity contribution is 6.24. The summed E-state index contributed by atoms with van der Waals surface area (Å²) in [5.74, 6) is -8.26. The van der Waals surface area contributed by atoms with E-state index in [0.29, 0.717) is 5.56 Å². The first-order valence-corrected chi connectivity index (χ1v) is 13.8. The Morgan fingerprint density at radius 2 is 1.54 bits per heavy atom. The highest BCUT2D eigenvalue weighted by atomic mass is 16.4. The molecular weight excluding hydrogens is 528 g/mol. The smallest absolute Gasteiger partial charge is 0.203 e. The fraction of sp³-hybridized carbons (Fsp3) is 0.562. The highest BCUT2D eigenvalue weighted by Gasteiger charge is 2.77. The van der Waals surface area contributed by atoms with Crippen molar-refractivity contribution in [2.75, 3.05) is 0 Å². The molecule has 0 bridgehead atoms. The molecule has 9 nitrogen and oxygen atoms in total. The molecule has 3 aliphatic rings. The number of carbonyl (C=O) groups is 4. The molecular formula is C32H40O9. The molecule has 1 saturated carbocycles. The predicted molar refractivity (Wildman–Crippen MR) is 151 cm³/mol. The molecule has 1 aromatic rings. The predicted octanol–water partition coefficient (Wildman–Crippen LogP) is 4.22. The number of rotatable bonds is 3. The standard InChI is InChI=1S/C32H40O9/c1-12(2)21-24(36)19(15(5)34)26(38)32(41)27(39)22-25(37)20-18(13(3)30(22,9)28(40)31(21,32)10)16(14(4)33)11-17(23(20)35)29(6,7)8/h11-13,21,28,35,37-38,40-41H,1-10H3/t13-,21?,28-,30+,31+,32+/m1/s1. The molecule has 9 heteroatoms. The number of aliphatic hydroxyl groups excluding tert-OH is 3. The fourth-order valence-electron chi connectivity index (χ4n) is 7.93. The molecule has 1 fully saturated rings. The fourth-order valence-corrected chi connectivity index (χ4v) is 7.93. The van der Waals surface area contributed by atoms with E-state index in [2.05, 4.69) is 0 Å². The molecule has 0 radical (unpaired) electrons. The van der Waals surface area contributed by atoms with Crippen LogP contribution in [-0.4, -0.2) is 60.4 Å². The molecule has 5 N–H and O–H groups in total. The Morgan fingerprint density at radius 3 is 1.98 bits per heavy atom. The van der Waals surface area contributed by atoms with Crippen LogP contribution in [-0.2, 0) is 19.8 Å². The van der Waals surface area contributed by atoms with Crippen LogP contribution in [0.15, 0.2) is 23.0 Å². The third-order valence-corrected chi connectivity index (χ3v) is 10.1. The lowest BCUT2D eigenvalue weighted by atomic mass is 9.40. The molecule has 0 aliphatic heterocycles. The van der Waals surface area contributed by atoms with Gasteiger partial charge in [0, 0.05) is 27.9 Å². The Morgan fingerprint density at radius 1 is 1.00 bits per heavy atom. The average Bonchev–Trinajstić information content (AvgIpc) is 2.82. The highest BCUT2D eigenvalue weighted by Crippen LogP contribution is 2.68. The van der Waals surface area contributed by atoms with Crippen LogP contribution in [0.2, 0.25) is 0 Å². The van der Waals surface area contributed by atoms with Crippen LogP contribution >= 0.6 is 0 Å². The normalized spacial score (nSPS) is 33.5. The van der Waals surface area contributed by atoms with Gasteiger partial charge in [-0.1, -0.05) is 55.4 Å². The maximum atomic E-state index is 14.6. The van der Waals surface area contributed by atoms with Crippen LogP contribution < -0.4 is 0 Å². The minimum Gasteiger partial charge on any atom is -0.508 e. The van der Waals surface area contributed by atoms with Crippen molar-refractivity contribution in [2.24, 2.45) is 22.7 Å². The van der Waals surface area contributed by atoms with Gasteiger partial charge in [0.05, 0.1) is 17.2 Å². The molecule has 1 unspecified atom stereocenters. The van der Waals surface area contributed by atoms with Crippen molar-refractivity contribution >= 4 is 28.9 Å². The lowest BCUT2D eigenvalue weighted by molar-refractivity contribution is -0.215. The Kier molecular flexibility index (Phi) is 6.62. The van der Waals surface area contributed by atoms with Gasteiger partial charge in [0.2, 0.25) is 5.78 Å². The van der Waals surface area contributed by atoms with Gasteiger partial charge in [-0.3, -0.25) is 19.2 Å². The lowest BCUT2D eigenvalue weighted by Crippen LogP contribution is -2.75. The molecule has 41 heavy (non-hydrogen) atoms. The van der Waals surface area contributed by atoms with Crippen molar-refractivity contribution in [3.8, 4) is 5.75 Å². The quantitative estimate of drug-likeness (QED) is 0.265. The molecule has 4 rings (SSSR count). The molecule has 6 atom stereocenters. The van der Waals surface area contributed by atoms with E-state index in [0.717, 1.165) is 6.92 Å². The number of benzene rings is 1. The Balaban J connectivity index is 2.24. The molecule has 0 saturated heterocycles. The third kappa shape index (κ3) is 3.42. The number of hydrogen-bond donors (Lipinski definition) is 5. The number of aliphatic hydroxyl groups is 4. The van der Waals surface area contributed by atoms with Gasteiger partial charge >= 0.3 is 0 Å². The Hall–Kier alpha value is -3.30. The van der Waals surface area contributed by atoms with Gasteiger partial charge in [-0.05, 0) is 42.7 Å². The molecule has 0 heterocycles. The van der Waals surface area contributed by atoms with E-state index in [-0.39, 0.29) is 28.2 Å². The monoisotopic (exact) mass is 568 g/mol. The molecule has 222 valence electrons. The van der Waals surface area contributed by atoms with Crippen LogP contribution in [0.1, 0.15) is 102 Å². The molecule has 3 aliphatic carbocycles. The van der Waals surface area contributed by atoms with Crippen LogP contribution in [0, 0.1) is 22.7 Å². The largest absolute Gasteiger partial charge is 0.508 e. The van der Waals surface area contributed by atoms with Crippen molar-refractivity contribution in [1.29, 1.82) is 0 Å². The second kappa shape index (κ2) is 8.85.